The number of rotatable bonds is 6. The molecule has 0 spiro atoms. The van der Waals surface area contributed by atoms with Gasteiger partial charge in [-0.1, -0.05) is 58.0 Å². The van der Waals surface area contributed by atoms with Crippen LogP contribution in [0.25, 0.3) is 0 Å². The van der Waals surface area contributed by atoms with Crippen LogP contribution in [0.5, 0.6) is 0 Å². The van der Waals surface area contributed by atoms with Crippen LogP contribution < -0.4 is 5.32 Å². The van der Waals surface area contributed by atoms with Gasteiger partial charge in [0.1, 0.15) is 0 Å². The van der Waals surface area contributed by atoms with Crippen LogP contribution in [0.2, 0.25) is 0 Å². The molecular formula is C17H27NO2. The van der Waals surface area contributed by atoms with E-state index in [1.807, 2.05) is 30.3 Å². The summed E-state index contributed by atoms with van der Waals surface area (Å²) in [6, 6.07) is 9.39. The molecule has 2 unspecified atom stereocenters. The minimum absolute atomic E-state index is 0.0109. The zero-order valence-corrected chi connectivity index (χ0v) is 13.0. The van der Waals surface area contributed by atoms with Crippen molar-refractivity contribution in [2.24, 2.45) is 11.3 Å². The lowest BCUT2D eigenvalue weighted by Crippen LogP contribution is -2.30. The Bertz CT molecular complexity index is 409. The molecule has 0 aliphatic carbocycles. The van der Waals surface area contributed by atoms with E-state index in [-0.39, 0.29) is 17.9 Å². The molecule has 112 valence electrons. The van der Waals surface area contributed by atoms with E-state index in [1.165, 1.54) is 0 Å². The van der Waals surface area contributed by atoms with Gasteiger partial charge < -0.3 is 10.4 Å². The molecule has 20 heavy (non-hydrogen) atoms. The van der Waals surface area contributed by atoms with Crippen LogP contribution in [-0.2, 0) is 4.79 Å². The molecule has 1 aromatic carbocycles. The monoisotopic (exact) mass is 277 g/mol. The van der Waals surface area contributed by atoms with Gasteiger partial charge in [-0.05, 0) is 23.3 Å². The van der Waals surface area contributed by atoms with Crippen molar-refractivity contribution in [2.75, 3.05) is 6.54 Å². The summed E-state index contributed by atoms with van der Waals surface area (Å²) in [4.78, 5) is 11.9. The number of hydrogen-bond acceptors (Lipinski definition) is 2. The maximum atomic E-state index is 11.9. The molecule has 0 saturated carbocycles. The van der Waals surface area contributed by atoms with E-state index < -0.39 is 6.10 Å². The predicted molar refractivity (Wildman–Crippen MR) is 82.3 cm³/mol. The van der Waals surface area contributed by atoms with Crippen molar-refractivity contribution < 1.29 is 9.90 Å². The lowest BCUT2D eigenvalue weighted by Gasteiger charge is -2.23. The Kier molecular flexibility index (Phi) is 6.21. The molecule has 1 aromatic rings. The number of nitrogens with one attached hydrogen (secondary N) is 1. The van der Waals surface area contributed by atoms with Gasteiger partial charge in [-0.3, -0.25) is 4.79 Å². The molecule has 1 rings (SSSR count). The van der Waals surface area contributed by atoms with Crippen LogP contribution in [0.3, 0.4) is 0 Å². The highest BCUT2D eigenvalue weighted by molar-refractivity contribution is 5.76. The van der Waals surface area contributed by atoms with Crippen LogP contribution in [-0.4, -0.2) is 17.6 Å². The van der Waals surface area contributed by atoms with Crippen molar-refractivity contribution in [3.05, 3.63) is 35.9 Å². The van der Waals surface area contributed by atoms with E-state index >= 15 is 0 Å². The normalized spacial score (nSPS) is 14.7. The first-order chi connectivity index (χ1) is 9.28. The highest BCUT2D eigenvalue weighted by Crippen LogP contribution is 2.25. The molecule has 0 radical (unpaired) electrons. The maximum Gasteiger partial charge on any atom is 0.220 e. The summed E-state index contributed by atoms with van der Waals surface area (Å²) in [7, 11) is 0. The van der Waals surface area contributed by atoms with E-state index in [1.54, 1.807) is 0 Å². The molecule has 0 bridgehead atoms. The van der Waals surface area contributed by atoms with E-state index in [4.69, 9.17) is 0 Å². The van der Waals surface area contributed by atoms with Crippen molar-refractivity contribution in [2.45, 2.75) is 46.6 Å². The van der Waals surface area contributed by atoms with E-state index in [0.717, 1.165) is 12.0 Å². The first kappa shape index (κ1) is 16.7. The second-order valence-electron chi connectivity index (χ2n) is 6.80. The largest absolute Gasteiger partial charge is 0.387 e. The fourth-order valence-electron chi connectivity index (χ4n) is 2.51. The Morgan fingerprint density at radius 1 is 1.25 bits per heavy atom. The van der Waals surface area contributed by atoms with E-state index in [0.29, 0.717) is 12.3 Å². The van der Waals surface area contributed by atoms with Crippen molar-refractivity contribution in [3.63, 3.8) is 0 Å². The topological polar surface area (TPSA) is 49.3 Å². The Morgan fingerprint density at radius 3 is 2.40 bits per heavy atom. The quantitative estimate of drug-likeness (QED) is 0.838. The zero-order valence-electron chi connectivity index (χ0n) is 13.0. The Labute approximate surface area is 122 Å². The lowest BCUT2D eigenvalue weighted by atomic mass is 9.84. The predicted octanol–water partition coefficient (Wildman–Crippen LogP) is 3.30. The van der Waals surface area contributed by atoms with Crippen LogP contribution in [0.4, 0.5) is 0 Å². The molecule has 0 heterocycles. The molecule has 0 saturated heterocycles. The second kappa shape index (κ2) is 7.44. The Morgan fingerprint density at radius 2 is 1.85 bits per heavy atom. The molecule has 2 N–H and O–H groups in total. The van der Waals surface area contributed by atoms with Gasteiger partial charge in [0.25, 0.3) is 0 Å². The zero-order chi connectivity index (χ0) is 15.2. The minimum atomic E-state index is -0.641. The van der Waals surface area contributed by atoms with E-state index in [9.17, 15) is 9.90 Å². The van der Waals surface area contributed by atoms with Gasteiger partial charge in [0.15, 0.2) is 0 Å². The number of aliphatic hydroxyl groups excluding tert-OH is 1. The van der Waals surface area contributed by atoms with Crippen molar-refractivity contribution in [1.82, 2.24) is 5.32 Å². The molecular weight excluding hydrogens is 250 g/mol. The molecule has 0 fully saturated rings. The van der Waals surface area contributed by atoms with Gasteiger partial charge in [0.05, 0.1) is 6.10 Å². The number of benzene rings is 1. The SMILES string of the molecule is CC(CC(=O)NCC(O)c1ccccc1)CC(C)(C)C. The molecule has 0 aliphatic heterocycles. The van der Waals surface area contributed by atoms with Crippen molar-refractivity contribution >= 4 is 5.91 Å². The summed E-state index contributed by atoms with van der Waals surface area (Å²) in [5.41, 5.74) is 1.07. The van der Waals surface area contributed by atoms with Crippen molar-refractivity contribution in [3.8, 4) is 0 Å². The smallest absolute Gasteiger partial charge is 0.220 e. The maximum absolute atomic E-state index is 11.9. The summed E-state index contributed by atoms with van der Waals surface area (Å²) >= 11 is 0. The number of hydrogen-bond donors (Lipinski definition) is 2. The third-order valence-electron chi connectivity index (χ3n) is 3.17. The number of carbonyl (C=O) groups excluding carboxylic acids is 1. The highest BCUT2D eigenvalue weighted by atomic mass is 16.3. The molecule has 3 heteroatoms. The number of amides is 1. The Balaban J connectivity index is 2.33. The van der Waals surface area contributed by atoms with Crippen LogP contribution >= 0.6 is 0 Å². The summed E-state index contributed by atoms with van der Waals surface area (Å²) < 4.78 is 0. The fraction of sp³-hybridized carbons (Fsp3) is 0.588. The molecule has 3 nitrogen and oxygen atoms in total. The summed E-state index contributed by atoms with van der Waals surface area (Å²) in [6.45, 7) is 8.91. The van der Waals surface area contributed by atoms with Crippen LogP contribution in [0.15, 0.2) is 30.3 Å². The average molecular weight is 277 g/mol. The number of carbonyl (C=O) groups is 1. The second-order valence-corrected chi connectivity index (χ2v) is 6.80. The van der Waals surface area contributed by atoms with Gasteiger partial charge in [0.2, 0.25) is 5.91 Å². The molecule has 2 atom stereocenters. The van der Waals surface area contributed by atoms with Gasteiger partial charge in [-0.15, -0.1) is 0 Å². The van der Waals surface area contributed by atoms with Crippen LogP contribution in [0.1, 0.15) is 52.2 Å². The average Bonchev–Trinajstić information content (AvgIpc) is 2.34. The minimum Gasteiger partial charge on any atom is -0.387 e. The number of aliphatic hydroxyl groups is 1. The molecule has 0 aliphatic rings. The summed E-state index contributed by atoms with van der Waals surface area (Å²) in [6.07, 6.45) is 0.888. The van der Waals surface area contributed by atoms with Crippen LogP contribution in [0, 0.1) is 11.3 Å². The first-order valence-electron chi connectivity index (χ1n) is 7.27. The van der Waals surface area contributed by atoms with Crippen molar-refractivity contribution in [1.29, 1.82) is 0 Å². The first-order valence-corrected chi connectivity index (χ1v) is 7.27. The van der Waals surface area contributed by atoms with E-state index in [2.05, 4.69) is 33.0 Å². The fourth-order valence-corrected chi connectivity index (χ4v) is 2.51. The third kappa shape index (κ3) is 6.71. The lowest BCUT2D eigenvalue weighted by molar-refractivity contribution is -0.122. The highest BCUT2D eigenvalue weighted by Gasteiger charge is 2.18. The summed E-state index contributed by atoms with van der Waals surface area (Å²) in [5.74, 6) is 0.362. The van der Waals surface area contributed by atoms with Gasteiger partial charge in [-0.25, -0.2) is 0 Å². The Hall–Kier alpha value is -1.35. The van der Waals surface area contributed by atoms with Gasteiger partial charge >= 0.3 is 0 Å². The standard InChI is InChI=1S/C17H27NO2/c1-13(11-17(2,3)4)10-16(20)18-12-15(19)14-8-6-5-7-9-14/h5-9,13,15,19H,10-12H2,1-4H3,(H,18,20). The van der Waals surface area contributed by atoms with Gasteiger partial charge in [0, 0.05) is 13.0 Å². The molecule has 1 amide bonds. The van der Waals surface area contributed by atoms with Gasteiger partial charge in [-0.2, -0.15) is 0 Å². The third-order valence-corrected chi connectivity index (χ3v) is 3.17. The summed E-state index contributed by atoms with van der Waals surface area (Å²) in [5, 5.41) is 12.8. The molecule has 0 aromatic heterocycles.